The lowest BCUT2D eigenvalue weighted by Gasteiger charge is -2.31. The minimum absolute atomic E-state index is 0.0896. The molecular formula is C27H28NO3. The Labute approximate surface area is 183 Å². The summed E-state index contributed by atoms with van der Waals surface area (Å²) in [5.74, 6) is -0.189. The van der Waals surface area contributed by atoms with Gasteiger partial charge in [0.15, 0.2) is 0 Å². The molecule has 0 saturated carbocycles. The minimum atomic E-state index is -0.878. The molecule has 0 spiro atoms. The topological polar surface area (TPSA) is 46.6 Å². The molecule has 1 aliphatic heterocycles. The van der Waals surface area contributed by atoms with Gasteiger partial charge in [-0.15, -0.1) is 0 Å². The summed E-state index contributed by atoms with van der Waals surface area (Å²) in [7, 11) is 0. The van der Waals surface area contributed by atoms with E-state index in [1.807, 2.05) is 49.6 Å². The van der Waals surface area contributed by atoms with Gasteiger partial charge in [0.2, 0.25) is 6.29 Å². The number of carbonyl (C=O) groups is 1. The highest BCUT2D eigenvalue weighted by Crippen LogP contribution is 2.42. The zero-order valence-electron chi connectivity index (χ0n) is 18.5. The molecule has 0 aromatic heterocycles. The van der Waals surface area contributed by atoms with E-state index in [0.717, 1.165) is 33.2 Å². The van der Waals surface area contributed by atoms with Gasteiger partial charge in [-0.25, -0.2) is 0 Å². The molecular weight excluding hydrogens is 386 g/mol. The van der Waals surface area contributed by atoms with Crippen LogP contribution in [0.4, 0.5) is 5.69 Å². The molecule has 1 aliphatic rings. The summed E-state index contributed by atoms with van der Waals surface area (Å²) in [6.45, 7) is 8.87. The first kappa shape index (κ1) is 21.3. The van der Waals surface area contributed by atoms with Crippen LogP contribution in [0.15, 0.2) is 60.7 Å². The average Bonchev–Trinajstić information content (AvgIpc) is 2.83. The normalized spacial score (nSPS) is 19.2. The molecule has 2 atom stereocenters. The number of rotatable bonds is 4. The fourth-order valence-corrected chi connectivity index (χ4v) is 4.29. The standard InChI is InChI=1S/C27H28NO3/c1-18-12-13-23-22(16-18)25(21-11-7-9-19-8-5-6-10-20(19)21)31-24(14-15-29)26(30)28(23)17-27(2,3)4/h5-13,16,24-25H,14,17H2,1-4H3. The van der Waals surface area contributed by atoms with Gasteiger partial charge in [-0.05, 0) is 34.7 Å². The maximum absolute atomic E-state index is 13.5. The van der Waals surface area contributed by atoms with Crippen molar-refractivity contribution in [2.75, 3.05) is 11.4 Å². The molecule has 2 unspecified atom stereocenters. The van der Waals surface area contributed by atoms with Crippen LogP contribution in [0.5, 0.6) is 0 Å². The van der Waals surface area contributed by atoms with Crippen molar-refractivity contribution in [3.05, 3.63) is 77.4 Å². The number of aryl methyl sites for hydroxylation is 1. The second kappa shape index (κ2) is 8.27. The second-order valence-electron chi connectivity index (χ2n) is 9.47. The third kappa shape index (κ3) is 4.26. The van der Waals surface area contributed by atoms with E-state index in [1.165, 1.54) is 0 Å². The van der Waals surface area contributed by atoms with Crippen LogP contribution < -0.4 is 4.90 Å². The van der Waals surface area contributed by atoms with Crippen LogP contribution in [0.3, 0.4) is 0 Å². The van der Waals surface area contributed by atoms with Gasteiger partial charge in [-0.1, -0.05) is 80.9 Å². The molecule has 159 valence electrons. The third-order valence-electron chi connectivity index (χ3n) is 5.61. The predicted molar refractivity (Wildman–Crippen MR) is 124 cm³/mol. The Kier molecular flexibility index (Phi) is 5.67. The van der Waals surface area contributed by atoms with Crippen molar-refractivity contribution in [1.82, 2.24) is 0 Å². The summed E-state index contributed by atoms with van der Waals surface area (Å²) < 4.78 is 6.43. The highest BCUT2D eigenvalue weighted by molar-refractivity contribution is 5.99. The lowest BCUT2D eigenvalue weighted by molar-refractivity contribution is -0.131. The lowest BCUT2D eigenvalue weighted by Crippen LogP contribution is -2.43. The molecule has 0 aliphatic carbocycles. The van der Waals surface area contributed by atoms with E-state index in [0.29, 0.717) is 6.54 Å². The van der Waals surface area contributed by atoms with E-state index in [1.54, 1.807) is 4.90 Å². The van der Waals surface area contributed by atoms with E-state index >= 15 is 0 Å². The number of hydrogen-bond donors (Lipinski definition) is 0. The Bertz CT molecular complexity index is 1120. The third-order valence-corrected chi connectivity index (χ3v) is 5.61. The van der Waals surface area contributed by atoms with Gasteiger partial charge in [0.05, 0.1) is 0 Å². The van der Waals surface area contributed by atoms with Crippen LogP contribution in [-0.2, 0) is 14.3 Å². The molecule has 1 heterocycles. The van der Waals surface area contributed by atoms with Crippen LogP contribution in [0.25, 0.3) is 10.8 Å². The number of amides is 1. The zero-order chi connectivity index (χ0) is 22.2. The van der Waals surface area contributed by atoms with Crippen molar-refractivity contribution < 1.29 is 14.3 Å². The molecule has 1 amide bonds. The van der Waals surface area contributed by atoms with Gasteiger partial charge in [-0.3, -0.25) is 9.59 Å². The molecule has 3 aromatic carbocycles. The monoisotopic (exact) mass is 414 g/mol. The van der Waals surface area contributed by atoms with E-state index in [-0.39, 0.29) is 17.7 Å². The van der Waals surface area contributed by atoms with Crippen molar-refractivity contribution in [2.45, 2.75) is 46.3 Å². The van der Waals surface area contributed by atoms with Crippen LogP contribution in [0, 0.1) is 12.3 Å². The Hall–Kier alpha value is -2.98. The summed E-state index contributed by atoms with van der Waals surface area (Å²) in [5, 5.41) is 2.19. The SMILES string of the molecule is Cc1ccc2c(c1)C(c1cccc3ccccc13)OC(C[C]=O)C(=O)N2CC(C)(C)C. The van der Waals surface area contributed by atoms with Crippen LogP contribution >= 0.6 is 0 Å². The summed E-state index contributed by atoms with van der Waals surface area (Å²) in [6.07, 6.45) is 0.471. The largest absolute Gasteiger partial charge is 0.355 e. The number of nitrogens with zero attached hydrogens (tertiary/aromatic N) is 1. The maximum Gasteiger partial charge on any atom is 0.256 e. The minimum Gasteiger partial charge on any atom is -0.355 e. The van der Waals surface area contributed by atoms with Crippen LogP contribution in [-0.4, -0.2) is 24.8 Å². The van der Waals surface area contributed by atoms with Gasteiger partial charge in [0, 0.05) is 24.2 Å². The van der Waals surface area contributed by atoms with Crippen molar-refractivity contribution in [1.29, 1.82) is 0 Å². The molecule has 0 saturated heterocycles. The number of carbonyl (C=O) groups excluding carboxylic acids is 2. The number of fused-ring (bicyclic) bond motifs is 2. The van der Waals surface area contributed by atoms with E-state index in [9.17, 15) is 9.59 Å². The van der Waals surface area contributed by atoms with Crippen molar-refractivity contribution in [2.24, 2.45) is 5.41 Å². The quantitative estimate of drug-likeness (QED) is 0.565. The first-order chi connectivity index (χ1) is 14.8. The molecule has 4 heteroatoms. The van der Waals surface area contributed by atoms with Crippen molar-refractivity contribution in [3.63, 3.8) is 0 Å². The molecule has 0 N–H and O–H groups in total. The molecule has 3 aromatic rings. The predicted octanol–water partition coefficient (Wildman–Crippen LogP) is 5.52. The molecule has 1 radical (unpaired) electrons. The number of benzene rings is 3. The Balaban J connectivity index is 1.96. The van der Waals surface area contributed by atoms with Gasteiger partial charge >= 0.3 is 0 Å². The van der Waals surface area contributed by atoms with E-state index in [4.69, 9.17) is 4.74 Å². The van der Waals surface area contributed by atoms with Gasteiger partial charge in [0.25, 0.3) is 5.91 Å². The van der Waals surface area contributed by atoms with Gasteiger partial charge in [0.1, 0.15) is 12.2 Å². The number of ether oxygens (including phenoxy) is 1. The lowest BCUT2D eigenvalue weighted by atomic mass is 9.92. The molecule has 0 fully saturated rings. The van der Waals surface area contributed by atoms with Gasteiger partial charge < -0.3 is 9.64 Å². The highest BCUT2D eigenvalue weighted by Gasteiger charge is 2.38. The maximum atomic E-state index is 13.5. The Morgan fingerprint density at radius 2 is 1.74 bits per heavy atom. The highest BCUT2D eigenvalue weighted by atomic mass is 16.5. The summed E-state index contributed by atoms with van der Waals surface area (Å²) in [5.41, 5.74) is 3.76. The second-order valence-corrected chi connectivity index (χ2v) is 9.47. The smallest absolute Gasteiger partial charge is 0.256 e. The summed E-state index contributed by atoms with van der Waals surface area (Å²) in [6, 6.07) is 20.4. The first-order valence-corrected chi connectivity index (χ1v) is 10.7. The van der Waals surface area contributed by atoms with Crippen LogP contribution in [0.1, 0.15) is 50.0 Å². The Morgan fingerprint density at radius 3 is 2.48 bits per heavy atom. The number of hydrogen-bond acceptors (Lipinski definition) is 3. The van der Waals surface area contributed by atoms with E-state index < -0.39 is 12.2 Å². The Morgan fingerprint density at radius 1 is 1.00 bits per heavy atom. The van der Waals surface area contributed by atoms with Crippen LogP contribution in [0.2, 0.25) is 0 Å². The van der Waals surface area contributed by atoms with Crippen molar-refractivity contribution >= 4 is 28.7 Å². The number of anilines is 1. The fraction of sp³-hybridized carbons (Fsp3) is 0.333. The average molecular weight is 415 g/mol. The van der Waals surface area contributed by atoms with E-state index in [2.05, 4.69) is 45.0 Å². The fourth-order valence-electron chi connectivity index (χ4n) is 4.29. The molecule has 4 rings (SSSR count). The first-order valence-electron chi connectivity index (χ1n) is 10.7. The molecule has 31 heavy (non-hydrogen) atoms. The van der Waals surface area contributed by atoms with Gasteiger partial charge in [-0.2, -0.15) is 0 Å². The molecule has 0 bridgehead atoms. The zero-order valence-corrected chi connectivity index (χ0v) is 18.5. The summed E-state index contributed by atoms with van der Waals surface area (Å²) >= 11 is 0. The molecule has 4 nitrogen and oxygen atoms in total. The van der Waals surface area contributed by atoms with Crippen molar-refractivity contribution in [3.8, 4) is 0 Å². The summed E-state index contributed by atoms with van der Waals surface area (Å²) in [4.78, 5) is 26.6.